The molecule has 0 atom stereocenters. The maximum absolute atomic E-state index is 12.7. The molecule has 0 bridgehead atoms. The van der Waals surface area contributed by atoms with Gasteiger partial charge in [-0.25, -0.2) is 0 Å². The van der Waals surface area contributed by atoms with Crippen LogP contribution in [0.4, 0.5) is 0 Å². The third kappa shape index (κ3) is 27.0. The summed E-state index contributed by atoms with van der Waals surface area (Å²) in [5, 5.41) is 25.5. The van der Waals surface area contributed by atoms with E-state index in [0.717, 1.165) is 24.0 Å². The summed E-state index contributed by atoms with van der Waals surface area (Å²) in [6.07, 6.45) is 46.7. The molecule has 0 radical (unpaired) electrons. The van der Waals surface area contributed by atoms with E-state index in [1.165, 1.54) is 217 Å². The molecule has 3 heteroatoms. The van der Waals surface area contributed by atoms with Gasteiger partial charge in [0.15, 0.2) is 0 Å². The fourth-order valence-corrected chi connectivity index (χ4v) is 7.81. The number of benzene rings is 2. The van der Waals surface area contributed by atoms with E-state index in [4.69, 9.17) is 0 Å². The van der Waals surface area contributed by atoms with Crippen molar-refractivity contribution in [2.45, 2.75) is 239 Å². The monoisotopic (exact) mass is 743 g/mol. The van der Waals surface area contributed by atoms with E-state index in [9.17, 15) is 10.2 Å². The van der Waals surface area contributed by atoms with Crippen LogP contribution in [0.15, 0.2) is 36.4 Å². The van der Waals surface area contributed by atoms with Crippen molar-refractivity contribution in [1.82, 2.24) is 0 Å². The van der Waals surface area contributed by atoms with Gasteiger partial charge >= 0.3 is 37.7 Å². The minimum absolute atomic E-state index is 0. The first kappa shape index (κ1) is 49.3. The van der Waals surface area contributed by atoms with Gasteiger partial charge in [-0.2, -0.15) is 0 Å². The van der Waals surface area contributed by atoms with Gasteiger partial charge in [0, 0.05) is 0 Å². The Hall–Kier alpha value is -0.700. The van der Waals surface area contributed by atoms with Crippen molar-refractivity contribution in [1.29, 1.82) is 0 Å². The van der Waals surface area contributed by atoms with Crippen molar-refractivity contribution < 1.29 is 10.2 Å². The molecular weight excluding hydrogens is 661 g/mol. The Kier molecular flexibility index (Phi) is 34.1. The van der Waals surface area contributed by atoms with Crippen LogP contribution in [0.2, 0.25) is 0 Å². The van der Waals surface area contributed by atoms with E-state index < -0.39 is 0 Å². The summed E-state index contributed by atoms with van der Waals surface area (Å²) in [4.78, 5) is 0. The van der Waals surface area contributed by atoms with Gasteiger partial charge in [-0.05, 0) is 43.2 Å². The first-order chi connectivity index (χ1) is 25.1. The average Bonchev–Trinajstić information content (AvgIpc) is 3.13. The molecule has 0 saturated heterocycles. The fourth-order valence-electron chi connectivity index (χ4n) is 7.81. The Balaban J connectivity index is 0.0000135. The number of unbranched alkanes of at least 4 members (excludes halogenated alkanes) is 30. The molecule has 0 aliphatic carbocycles. The third-order valence-electron chi connectivity index (χ3n) is 11.3. The van der Waals surface area contributed by atoms with Gasteiger partial charge in [-0.15, -0.1) is 11.5 Å². The average molecular weight is 743 g/mol. The van der Waals surface area contributed by atoms with Crippen LogP contribution in [0.25, 0.3) is 0 Å². The van der Waals surface area contributed by atoms with Crippen LogP contribution in [0.3, 0.4) is 0 Å². The molecule has 2 aromatic rings. The largest absolute Gasteiger partial charge is 2.00 e. The second-order valence-corrected chi connectivity index (χ2v) is 16.2. The molecular formula is C49H82CaO2. The molecule has 0 N–H and O–H groups in total. The molecule has 0 aromatic heterocycles. The molecule has 0 spiro atoms. The van der Waals surface area contributed by atoms with E-state index >= 15 is 0 Å². The van der Waals surface area contributed by atoms with E-state index in [-0.39, 0.29) is 49.2 Å². The van der Waals surface area contributed by atoms with Gasteiger partial charge in [0.1, 0.15) is 0 Å². The molecule has 0 aliphatic heterocycles. The normalized spacial score (nSPS) is 11.3. The first-order valence-electron chi connectivity index (χ1n) is 22.7. The van der Waals surface area contributed by atoms with Crippen LogP contribution in [-0.2, 0) is 19.3 Å². The second-order valence-electron chi connectivity index (χ2n) is 16.2. The topological polar surface area (TPSA) is 46.1 Å². The Morgan fingerprint density at radius 3 is 0.808 bits per heavy atom. The zero-order valence-electron chi connectivity index (χ0n) is 34.7. The summed E-state index contributed by atoms with van der Waals surface area (Å²) >= 11 is 0. The Morgan fingerprint density at radius 2 is 0.558 bits per heavy atom. The summed E-state index contributed by atoms with van der Waals surface area (Å²) in [5.41, 5.74) is 4.04. The standard InChI is InChI=1S/C49H84O2.Ca/c1-3-5-7-9-11-13-15-17-19-21-23-25-27-29-31-33-35-44-37-39-48(50)46(41-44)43-47-42-45(38-40-49(47)51)36-34-32-30-28-26-24-22-20-18-16-14-12-10-8-6-4-2;/h37-42,50-51H,3-36,43H2,1-2H3;/q;+2/p-2. The van der Waals surface area contributed by atoms with Crippen molar-refractivity contribution in [3.8, 4) is 11.5 Å². The smallest absolute Gasteiger partial charge is 0.872 e. The predicted octanol–water partition coefficient (Wildman–Crippen LogP) is 14.7. The molecule has 0 heterocycles. The minimum atomic E-state index is 0. The van der Waals surface area contributed by atoms with Crippen LogP contribution in [-0.4, -0.2) is 37.7 Å². The van der Waals surface area contributed by atoms with E-state index in [0.29, 0.717) is 6.42 Å². The predicted molar refractivity (Wildman–Crippen MR) is 227 cm³/mol. The quantitative estimate of drug-likeness (QED) is 0.0515. The number of aryl methyl sites for hydroxylation is 2. The maximum Gasteiger partial charge on any atom is 2.00 e. The van der Waals surface area contributed by atoms with Crippen LogP contribution in [0, 0.1) is 0 Å². The minimum Gasteiger partial charge on any atom is -0.872 e. The molecule has 2 nitrogen and oxygen atoms in total. The van der Waals surface area contributed by atoms with Gasteiger partial charge in [-0.1, -0.05) is 254 Å². The van der Waals surface area contributed by atoms with Crippen LogP contribution >= 0.6 is 0 Å². The van der Waals surface area contributed by atoms with Crippen molar-refractivity contribution in [2.24, 2.45) is 0 Å². The second kappa shape index (κ2) is 36.0. The van der Waals surface area contributed by atoms with Gasteiger partial charge in [-0.3, -0.25) is 0 Å². The van der Waals surface area contributed by atoms with E-state index in [2.05, 4.69) is 26.0 Å². The van der Waals surface area contributed by atoms with Crippen molar-refractivity contribution in [3.63, 3.8) is 0 Å². The molecule has 0 aliphatic rings. The Bertz CT molecular complexity index is 982. The maximum atomic E-state index is 12.7. The zero-order chi connectivity index (χ0) is 36.5. The molecule has 2 aromatic carbocycles. The van der Waals surface area contributed by atoms with Crippen LogP contribution in [0.5, 0.6) is 11.5 Å². The van der Waals surface area contributed by atoms with Crippen molar-refractivity contribution in [3.05, 3.63) is 58.7 Å². The molecule has 0 amide bonds. The van der Waals surface area contributed by atoms with Crippen LogP contribution in [0.1, 0.15) is 242 Å². The van der Waals surface area contributed by atoms with Gasteiger partial charge in [0.2, 0.25) is 0 Å². The molecule has 292 valence electrons. The summed E-state index contributed by atoms with van der Waals surface area (Å²) in [6, 6.07) is 11.6. The molecule has 0 saturated carbocycles. The van der Waals surface area contributed by atoms with Crippen molar-refractivity contribution >= 4 is 37.7 Å². The van der Waals surface area contributed by atoms with Crippen LogP contribution < -0.4 is 10.2 Å². The third-order valence-corrected chi connectivity index (χ3v) is 11.3. The summed E-state index contributed by atoms with van der Waals surface area (Å²) < 4.78 is 0. The molecule has 0 fully saturated rings. The summed E-state index contributed by atoms with van der Waals surface area (Å²) in [7, 11) is 0. The number of hydrogen-bond acceptors (Lipinski definition) is 2. The Labute approximate surface area is 354 Å². The van der Waals surface area contributed by atoms with Crippen molar-refractivity contribution in [2.75, 3.05) is 0 Å². The number of hydrogen-bond donors (Lipinski definition) is 0. The Morgan fingerprint density at radius 1 is 0.327 bits per heavy atom. The van der Waals surface area contributed by atoms with Gasteiger partial charge in [0.05, 0.1) is 0 Å². The summed E-state index contributed by atoms with van der Waals surface area (Å²) in [6.45, 7) is 4.58. The molecule has 52 heavy (non-hydrogen) atoms. The fraction of sp³-hybridized carbons (Fsp3) is 0.755. The SMILES string of the molecule is CCCCCCCCCCCCCCCCCCc1ccc([O-])c(Cc2cc(CCCCCCCCCCCCCCCCCC)ccc2[O-])c1.[Ca+2]. The molecule has 2 rings (SSSR count). The van der Waals surface area contributed by atoms with Gasteiger partial charge in [0.25, 0.3) is 0 Å². The van der Waals surface area contributed by atoms with E-state index in [1.54, 1.807) is 12.1 Å². The summed E-state index contributed by atoms with van der Waals surface area (Å²) in [5.74, 6) is 0.127. The zero-order valence-corrected chi connectivity index (χ0v) is 36.9. The molecule has 0 unspecified atom stereocenters. The number of rotatable bonds is 36. The first-order valence-corrected chi connectivity index (χ1v) is 22.7. The van der Waals surface area contributed by atoms with E-state index in [1.807, 2.05) is 12.1 Å². The van der Waals surface area contributed by atoms with Gasteiger partial charge < -0.3 is 10.2 Å².